The molecule has 0 amide bonds. The molecule has 1 atom stereocenters. The van der Waals surface area contributed by atoms with E-state index in [-0.39, 0.29) is 0 Å². The first-order valence-electron chi connectivity index (χ1n) is 6.35. The Kier molecular flexibility index (Phi) is 4.06. The average molecular weight is 245 g/mol. The quantitative estimate of drug-likeness (QED) is 0.802. The van der Waals surface area contributed by atoms with Gasteiger partial charge in [-0.05, 0) is 37.8 Å². The summed E-state index contributed by atoms with van der Waals surface area (Å²) in [7, 11) is 0. The summed E-state index contributed by atoms with van der Waals surface area (Å²) in [5.41, 5.74) is 7.88. The fourth-order valence-corrected chi connectivity index (χ4v) is 2.37. The Morgan fingerprint density at radius 2 is 2.17 bits per heavy atom. The first-order chi connectivity index (χ1) is 8.72. The molecule has 0 aliphatic carbocycles. The molecular weight excluding hydrogens is 226 g/mol. The largest absolute Gasteiger partial charge is 0.396 e. The van der Waals surface area contributed by atoms with Crippen molar-refractivity contribution < 1.29 is 4.74 Å². The van der Waals surface area contributed by atoms with Gasteiger partial charge < -0.3 is 15.8 Å². The summed E-state index contributed by atoms with van der Waals surface area (Å²) in [6.07, 6.45) is 2.15. The Bertz CT molecular complexity index is 447. The van der Waals surface area contributed by atoms with Gasteiger partial charge in [-0.2, -0.15) is 5.26 Å². The van der Waals surface area contributed by atoms with Gasteiger partial charge in [-0.25, -0.2) is 0 Å². The molecule has 1 fully saturated rings. The molecular formula is C14H19N3O. The molecule has 1 unspecified atom stereocenters. The molecule has 1 aliphatic heterocycles. The van der Waals surface area contributed by atoms with Crippen molar-refractivity contribution in [2.24, 2.45) is 5.92 Å². The molecule has 96 valence electrons. The van der Waals surface area contributed by atoms with Crippen LogP contribution in [-0.2, 0) is 4.74 Å². The third kappa shape index (κ3) is 2.74. The maximum Gasteiger partial charge on any atom is 0.101 e. The number of nitrogen functional groups attached to an aromatic ring is 1. The minimum atomic E-state index is 0.338. The number of nitrogens with two attached hydrogens (primary N) is 1. The summed E-state index contributed by atoms with van der Waals surface area (Å²) in [5, 5.41) is 12.4. The number of anilines is 2. The number of nitriles is 1. The maximum atomic E-state index is 8.95. The van der Waals surface area contributed by atoms with E-state index in [0.29, 0.717) is 23.2 Å². The number of ether oxygens (including phenoxy) is 1. The van der Waals surface area contributed by atoms with E-state index in [2.05, 4.69) is 18.3 Å². The number of benzene rings is 1. The monoisotopic (exact) mass is 245 g/mol. The number of hydrogen-bond acceptors (Lipinski definition) is 4. The van der Waals surface area contributed by atoms with Crippen molar-refractivity contribution >= 4 is 11.4 Å². The highest BCUT2D eigenvalue weighted by Crippen LogP contribution is 2.26. The van der Waals surface area contributed by atoms with Gasteiger partial charge in [0.1, 0.15) is 6.07 Å². The van der Waals surface area contributed by atoms with Crippen LogP contribution in [0.4, 0.5) is 11.4 Å². The second-order valence-electron chi connectivity index (χ2n) is 4.76. The van der Waals surface area contributed by atoms with E-state index in [0.717, 1.165) is 31.7 Å². The van der Waals surface area contributed by atoms with Gasteiger partial charge in [0.05, 0.1) is 16.9 Å². The molecule has 1 aromatic rings. The molecule has 18 heavy (non-hydrogen) atoms. The van der Waals surface area contributed by atoms with E-state index in [9.17, 15) is 0 Å². The molecule has 0 aromatic heterocycles. The summed E-state index contributed by atoms with van der Waals surface area (Å²) in [4.78, 5) is 0. The normalized spacial score (nSPS) is 18.0. The van der Waals surface area contributed by atoms with Crippen molar-refractivity contribution in [1.29, 1.82) is 5.26 Å². The fraction of sp³-hybridized carbons (Fsp3) is 0.500. The predicted octanol–water partition coefficient (Wildman–Crippen LogP) is 2.37. The molecule has 0 saturated carbocycles. The lowest BCUT2D eigenvalue weighted by Gasteiger charge is -2.29. The van der Waals surface area contributed by atoms with Crippen LogP contribution in [0.25, 0.3) is 0 Å². The van der Waals surface area contributed by atoms with Gasteiger partial charge in [-0.3, -0.25) is 0 Å². The molecule has 4 heteroatoms. The topological polar surface area (TPSA) is 71.1 Å². The Balaban J connectivity index is 2.07. The SMILES string of the molecule is CC(Nc1cccc(C#N)c1N)C1CCOCC1. The van der Waals surface area contributed by atoms with Crippen LogP contribution < -0.4 is 11.1 Å². The predicted molar refractivity (Wildman–Crippen MR) is 72.2 cm³/mol. The first-order valence-corrected chi connectivity index (χ1v) is 6.35. The number of rotatable bonds is 3. The Hall–Kier alpha value is -1.73. The van der Waals surface area contributed by atoms with Crippen molar-refractivity contribution in [2.45, 2.75) is 25.8 Å². The van der Waals surface area contributed by atoms with Gasteiger partial charge in [0.2, 0.25) is 0 Å². The van der Waals surface area contributed by atoms with Crippen LogP contribution in [0.5, 0.6) is 0 Å². The van der Waals surface area contributed by atoms with E-state index in [4.69, 9.17) is 15.7 Å². The van der Waals surface area contributed by atoms with Crippen LogP contribution in [0, 0.1) is 17.2 Å². The molecule has 2 rings (SSSR count). The van der Waals surface area contributed by atoms with Crippen LogP contribution >= 0.6 is 0 Å². The van der Waals surface area contributed by atoms with Crippen molar-refractivity contribution in [3.8, 4) is 6.07 Å². The number of hydrogen-bond donors (Lipinski definition) is 2. The van der Waals surface area contributed by atoms with Crippen molar-refractivity contribution in [1.82, 2.24) is 0 Å². The standard InChI is InChI=1S/C14H19N3O/c1-10(11-5-7-18-8-6-11)17-13-4-2-3-12(9-15)14(13)16/h2-4,10-11,17H,5-8,16H2,1H3. The highest BCUT2D eigenvalue weighted by molar-refractivity contribution is 5.73. The highest BCUT2D eigenvalue weighted by Gasteiger charge is 2.21. The smallest absolute Gasteiger partial charge is 0.101 e. The highest BCUT2D eigenvalue weighted by atomic mass is 16.5. The van der Waals surface area contributed by atoms with Crippen molar-refractivity contribution in [2.75, 3.05) is 24.3 Å². The second-order valence-corrected chi connectivity index (χ2v) is 4.76. The second kappa shape index (κ2) is 5.74. The Morgan fingerprint density at radius 1 is 1.44 bits per heavy atom. The van der Waals surface area contributed by atoms with Gasteiger partial charge in [-0.1, -0.05) is 6.07 Å². The van der Waals surface area contributed by atoms with Gasteiger partial charge in [0, 0.05) is 19.3 Å². The molecule has 1 saturated heterocycles. The van der Waals surface area contributed by atoms with Crippen LogP contribution in [0.3, 0.4) is 0 Å². The first kappa shape index (κ1) is 12.7. The molecule has 0 bridgehead atoms. The van der Waals surface area contributed by atoms with Gasteiger partial charge in [0.15, 0.2) is 0 Å². The Morgan fingerprint density at radius 3 is 2.83 bits per heavy atom. The Labute approximate surface area is 108 Å². The molecule has 0 radical (unpaired) electrons. The molecule has 1 aromatic carbocycles. The lowest BCUT2D eigenvalue weighted by Crippen LogP contribution is -2.31. The average Bonchev–Trinajstić information content (AvgIpc) is 2.42. The zero-order chi connectivity index (χ0) is 13.0. The molecule has 4 nitrogen and oxygen atoms in total. The number of nitrogens with one attached hydrogen (secondary N) is 1. The van der Waals surface area contributed by atoms with Crippen LogP contribution in [0.1, 0.15) is 25.3 Å². The van der Waals surface area contributed by atoms with Crippen molar-refractivity contribution in [3.63, 3.8) is 0 Å². The van der Waals surface area contributed by atoms with Crippen molar-refractivity contribution in [3.05, 3.63) is 23.8 Å². The third-order valence-electron chi connectivity index (χ3n) is 3.58. The fourth-order valence-electron chi connectivity index (χ4n) is 2.37. The van der Waals surface area contributed by atoms with Gasteiger partial charge in [0.25, 0.3) is 0 Å². The van der Waals surface area contributed by atoms with Crippen LogP contribution in [-0.4, -0.2) is 19.3 Å². The molecule has 0 spiro atoms. The lowest BCUT2D eigenvalue weighted by atomic mass is 9.92. The molecule has 1 heterocycles. The van der Waals surface area contributed by atoms with Crippen LogP contribution in [0.15, 0.2) is 18.2 Å². The van der Waals surface area contributed by atoms with Crippen LogP contribution in [0.2, 0.25) is 0 Å². The number of nitrogens with zero attached hydrogens (tertiary/aromatic N) is 1. The minimum absolute atomic E-state index is 0.338. The van der Waals surface area contributed by atoms with E-state index in [1.54, 1.807) is 6.07 Å². The number of para-hydroxylation sites is 1. The lowest BCUT2D eigenvalue weighted by molar-refractivity contribution is 0.0622. The van der Waals surface area contributed by atoms with E-state index in [1.807, 2.05) is 12.1 Å². The van der Waals surface area contributed by atoms with E-state index in [1.165, 1.54) is 0 Å². The van der Waals surface area contributed by atoms with E-state index < -0.39 is 0 Å². The zero-order valence-corrected chi connectivity index (χ0v) is 10.6. The summed E-state index contributed by atoms with van der Waals surface area (Å²) in [6.45, 7) is 3.84. The van der Waals surface area contributed by atoms with E-state index >= 15 is 0 Å². The summed E-state index contributed by atoms with van der Waals surface area (Å²) >= 11 is 0. The van der Waals surface area contributed by atoms with Gasteiger partial charge in [-0.15, -0.1) is 0 Å². The summed E-state index contributed by atoms with van der Waals surface area (Å²) in [6, 6.07) is 7.95. The maximum absolute atomic E-state index is 8.95. The molecule has 1 aliphatic rings. The minimum Gasteiger partial charge on any atom is -0.396 e. The zero-order valence-electron chi connectivity index (χ0n) is 10.6. The molecule has 3 N–H and O–H groups in total. The summed E-state index contributed by atoms with van der Waals surface area (Å²) < 4.78 is 5.36. The third-order valence-corrected chi connectivity index (χ3v) is 3.58. The summed E-state index contributed by atoms with van der Waals surface area (Å²) in [5.74, 6) is 0.601. The van der Waals surface area contributed by atoms with Gasteiger partial charge >= 0.3 is 0 Å².